The van der Waals surface area contributed by atoms with Gasteiger partial charge < -0.3 is 19.3 Å². The summed E-state index contributed by atoms with van der Waals surface area (Å²) in [6, 6.07) is 17.6. The summed E-state index contributed by atoms with van der Waals surface area (Å²) in [4.78, 5) is 23.7. The Hall–Kier alpha value is -3.61. The lowest BCUT2D eigenvalue weighted by Crippen LogP contribution is -2.30. The molecule has 0 bridgehead atoms. The van der Waals surface area contributed by atoms with Crippen LogP contribution in [0.3, 0.4) is 0 Å². The maximum Gasteiger partial charge on any atom is 0.325 e. The molecule has 1 heterocycles. The largest absolute Gasteiger partial charge is 0.497 e. The number of nitrogens with one attached hydrogen (secondary N) is 1. The molecular weight excluding hydrogens is 348 g/mol. The molecule has 0 aliphatic carbocycles. The fourth-order valence-electron chi connectivity index (χ4n) is 2.32. The second-order valence-electron chi connectivity index (χ2n) is 5.62. The van der Waals surface area contributed by atoms with E-state index in [1.807, 2.05) is 30.3 Å². The van der Waals surface area contributed by atoms with Gasteiger partial charge in [-0.05, 0) is 36.4 Å². The van der Waals surface area contributed by atoms with Gasteiger partial charge in [-0.25, -0.2) is 0 Å². The summed E-state index contributed by atoms with van der Waals surface area (Å²) < 4.78 is 15.5. The molecule has 3 aromatic rings. The summed E-state index contributed by atoms with van der Waals surface area (Å²) in [7, 11) is 1.60. The fourth-order valence-corrected chi connectivity index (χ4v) is 2.32. The minimum Gasteiger partial charge on any atom is -0.497 e. The quantitative estimate of drug-likeness (QED) is 0.647. The minimum atomic E-state index is -0.562. The number of carbonyl (C=O) groups excluding carboxylic acids is 2. The number of ether oxygens (including phenoxy) is 2. The van der Waals surface area contributed by atoms with Gasteiger partial charge in [0.15, 0.2) is 5.76 Å². The van der Waals surface area contributed by atoms with E-state index in [2.05, 4.69) is 10.5 Å². The molecule has 0 unspecified atom stereocenters. The number of rotatable bonds is 7. The van der Waals surface area contributed by atoms with E-state index >= 15 is 0 Å². The third kappa shape index (κ3) is 4.94. The summed E-state index contributed by atoms with van der Waals surface area (Å²) in [6.07, 6.45) is 0. The van der Waals surface area contributed by atoms with Crippen molar-refractivity contribution in [3.8, 4) is 17.1 Å². The van der Waals surface area contributed by atoms with Crippen molar-refractivity contribution in [3.63, 3.8) is 0 Å². The van der Waals surface area contributed by atoms with E-state index in [9.17, 15) is 9.59 Å². The highest BCUT2D eigenvalue weighted by molar-refractivity contribution is 5.95. The third-order valence-corrected chi connectivity index (χ3v) is 3.74. The van der Waals surface area contributed by atoms with Crippen molar-refractivity contribution >= 4 is 11.9 Å². The highest BCUT2D eigenvalue weighted by Gasteiger charge is 2.11. The molecular formula is C20H18N2O5. The summed E-state index contributed by atoms with van der Waals surface area (Å²) in [5.74, 6) is 0.398. The Morgan fingerprint density at radius 1 is 1.07 bits per heavy atom. The second kappa shape index (κ2) is 8.66. The van der Waals surface area contributed by atoms with Crippen molar-refractivity contribution < 1.29 is 23.6 Å². The van der Waals surface area contributed by atoms with Crippen LogP contribution in [0.25, 0.3) is 11.3 Å². The van der Waals surface area contributed by atoms with E-state index in [1.54, 1.807) is 37.4 Å². The normalized spacial score (nSPS) is 10.3. The van der Waals surface area contributed by atoms with Gasteiger partial charge in [-0.15, -0.1) is 0 Å². The Morgan fingerprint density at radius 2 is 1.81 bits per heavy atom. The molecule has 1 amide bonds. The number of aromatic nitrogens is 1. The van der Waals surface area contributed by atoms with E-state index in [-0.39, 0.29) is 19.1 Å². The number of methoxy groups -OCH3 is 1. The maximum absolute atomic E-state index is 11.9. The lowest BCUT2D eigenvalue weighted by Gasteiger charge is -2.05. The van der Waals surface area contributed by atoms with Crippen LogP contribution in [0.5, 0.6) is 5.75 Å². The van der Waals surface area contributed by atoms with E-state index in [0.717, 1.165) is 11.3 Å². The Balaban J connectivity index is 1.48. The number of nitrogens with zero attached hydrogens (tertiary/aromatic N) is 1. The van der Waals surface area contributed by atoms with E-state index in [4.69, 9.17) is 14.0 Å². The lowest BCUT2D eigenvalue weighted by molar-refractivity contribution is -0.143. The van der Waals surface area contributed by atoms with E-state index in [1.165, 1.54) is 0 Å². The van der Waals surface area contributed by atoms with Crippen molar-refractivity contribution in [1.82, 2.24) is 10.5 Å². The van der Waals surface area contributed by atoms with Crippen LogP contribution < -0.4 is 10.1 Å². The van der Waals surface area contributed by atoms with Crippen LogP contribution in [0.1, 0.15) is 16.1 Å². The molecule has 138 valence electrons. The summed E-state index contributed by atoms with van der Waals surface area (Å²) in [6.45, 7) is -0.267. The van der Waals surface area contributed by atoms with Crippen molar-refractivity contribution in [1.29, 1.82) is 0 Å². The van der Waals surface area contributed by atoms with Crippen LogP contribution in [-0.2, 0) is 16.1 Å². The molecule has 3 rings (SSSR count). The monoisotopic (exact) mass is 366 g/mol. The number of benzene rings is 2. The molecule has 0 saturated carbocycles. The van der Waals surface area contributed by atoms with Crippen molar-refractivity contribution in [3.05, 3.63) is 71.9 Å². The van der Waals surface area contributed by atoms with Gasteiger partial charge >= 0.3 is 5.97 Å². The maximum atomic E-state index is 11.9. The zero-order valence-corrected chi connectivity index (χ0v) is 14.7. The number of esters is 1. The zero-order chi connectivity index (χ0) is 19.1. The predicted octanol–water partition coefficient (Wildman–Crippen LogP) is 2.82. The van der Waals surface area contributed by atoms with E-state index < -0.39 is 5.97 Å². The van der Waals surface area contributed by atoms with Crippen LogP contribution in [0, 0.1) is 0 Å². The van der Waals surface area contributed by atoms with E-state index in [0.29, 0.717) is 17.0 Å². The number of hydrogen-bond acceptors (Lipinski definition) is 6. The van der Waals surface area contributed by atoms with Crippen LogP contribution in [0.2, 0.25) is 0 Å². The first kappa shape index (κ1) is 18.2. The minimum absolute atomic E-state index is 0.0420. The number of carbonyl (C=O) groups is 2. The molecule has 7 heteroatoms. The molecule has 27 heavy (non-hydrogen) atoms. The Kier molecular flexibility index (Phi) is 5.84. The first-order valence-corrected chi connectivity index (χ1v) is 8.24. The highest BCUT2D eigenvalue weighted by atomic mass is 16.5. The third-order valence-electron chi connectivity index (χ3n) is 3.74. The summed E-state index contributed by atoms with van der Waals surface area (Å²) >= 11 is 0. The molecule has 7 nitrogen and oxygen atoms in total. The first-order chi connectivity index (χ1) is 13.2. The SMILES string of the molecule is COc1ccc(-c2cc(COC(=O)CNC(=O)c3ccccc3)no2)cc1. The van der Waals surface area contributed by atoms with Crippen LogP contribution >= 0.6 is 0 Å². The van der Waals surface area contributed by atoms with Crippen molar-refractivity contribution in [2.75, 3.05) is 13.7 Å². The molecule has 0 atom stereocenters. The molecule has 2 aromatic carbocycles. The zero-order valence-electron chi connectivity index (χ0n) is 14.7. The van der Waals surface area contributed by atoms with Gasteiger partial charge in [0.05, 0.1) is 7.11 Å². The molecule has 0 radical (unpaired) electrons. The van der Waals surface area contributed by atoms with Gasteiger partial charge in [0.2, 0.25) is 0 Å². The highest BCUT2D eigenvalue weighted by Crippen LogP contribution is 2.23. The van der Waals surface area contributed by atoms with Gasteiger partial charge in [-0.1, -0.05) is 23.4 Å². The van der Waals surface area contributed by atoms with Gasteiger partial charge in [-0.2, -0.15) is 0 Å². The second-order valence-corrected chi connectivity index (χ2v) is 5.62. The molecule has 0 spiro atoms. The van der Waals surface area contributed by atoms with Gasteiger partial charge in [0.25, 0.3) is 5.91 Å². The predicted molar refractivity (Wildman–Crippen MR) is 97.1 cm³/mol. The van der Waals surface area contributed by atoms with Gasteiger partial charge in [0, 0.05) is 17.2 Å². The number of hydrogen-bond donors (Lipinski definition) is 1. The molecule has 0 aliphatic rings. The first-order valence-electron chi connectivity index (χ1n) is 8.24. The van der Waals surface area contributed by atoms with Crippen LogP contribution in [-0.4, -0.2) is 30.7 Å². The van der Waals surface area contributed by atoms with Crippen molar-refractivity contribution in [2.45, 2.75) is 6.61 Å². The topological polar surface area (TPSA) is 90.7 Å². The fraction of sp³-hybridized carbons (Fsp3) is 0.150. The average Bonchev–Trinajstić information content (AvgIpc) is 3.20. The smallest absolute Gasteiger partial charge is 0.325 e. The molecule has 0 fully saturated rings. The Bertz CT molecular complexity index is 904. The molecule has 1 N–H and O–H groups in total. The van der Waals surface area contributed by atoms with Gasteiger partial charge in [-0.3, -0.25) is 9.59 Å². The van der Waals surface area contributed by atoms with Crippen LogP contribution in [0.4, 0.5) is 0 Å². The molecule has 0 saturated heterocycles. The standard InChI is InChI=1S/C20H18N2O5/c1-25-17-9-7-14(8-10-17)18-11-16(22-27-18)13-26-19(23)12-21-20(24)15-5-3-2-4-6-15/h2-11H,12-13H2,1H3,(H,21,24). The Labute approximate surface area is 155 Å². The molecule has 0 aliphatic heterocycles. The van der Waals surface area contributed by atoms with Gasteiger partial charge in [0.1, 0.15) is 24.6 Å². The average molecular weight is 366 g/mol. The van der Waals surface area contributed by atoms with Crippen LogP contribution in [0.15, 0.2) is 65.2 Å². The number of amides is 1. The lowest BCUT2D eigenvalue weighted by atomic mass is 10.1. The summed E-state index contributed by atoms with van der Waals surface area (Å²) in [5.41, 5.74) is 1.78. The van der Waals surface area contributed by atoms with Crippen molar-refractivity contribution in [2.24, 2.45) is 0 Å². The molecule has 1 aromatic heterocycles. The Morgan fingerprint density at radius 3 is 2.52 bits per heavy atom. The summed E-state index contributed by atoms with van der Waals surface area (Å²) in [5, 5.41) is 6.39.